The lowest BCUT2D eigenvalue weighted by Gasteiger charge is -2.20. The van der Waals surface area contributed by atoms with Gasteiger partial charge in [-0.3, -0.25) is 0 Å². The van der Waals surface area contributed by atoms with Crippen LogP contribution in [0.2, 0.25) is 0 Å². The van der Waals surface area contributed by atoms with Gasteiger partial charge in [-0.1, -0.05) is 0 Å². The van der Waals surface area contributed by atoms with Gasteiger partial charge in [0, 0.05) is 19.1 Å². The first-order chi connectivity index (χ1) is 7.31. The summed E-state index contributed by atoms with van der Waals surface area (Å²) in [6, 6.07) is 0. The predicted octanol–water partition coefficient (Wildman–Crippen LogP) is 0.961. The van der Waals surface area contributed by atoms with Crippen LogP contribution in [0.4, 0.5) is 5.82 Å². The van der Waals surface area contributed by atoms with Crippen LogP contribution in [0.25, 0.3) is 0 Å². The third-order valence-electron chi connectivity index (χ3n) is 2.61. The summed E-state index contributed by atoms with van der Waals surface area (Å²) in [5.41, 5.74) is 5.73. The molecule has 0 bridgehead atoms. The summed E-state index contributed by atoms with van der Waals surface area (Å²) in [5.74, 6) is 2.11. The molecule has 0 saturated carbocycles. The SMILES string of the molecule is COc1cnc(C2CCOCC2)nc1N. The first-order valence-electron chi connectivity index (χ1n) is 5.05. The third-order valence-corrected chi connectivity index (χ3v) is 2.61. The van der Waals surface area contributed by atoms with Gasteiger partial charge in [0.15, 0.2) is 11.6 Å². The van der Waals surface area contributed by atoms with Crippen molar-refractivity contribution in [1.82, 2.24) is 9.97 Å². The van der Waals surface area contributed by atoms with Crippen molar-refractivity contribution in [2.75, 3.05) is 26.1 Å². The Labute approximate surface area is 88.6 Å². The Morgan fingerprint density at radius 2 is 2.20 bits per heavy atom. The highest BCUT2D eigenvalue weighted by Crippen LogP contribution is 2.26. The second-order valence-electron chi connectivity index (χ2n) is 3.57. The molecule has 0 radical (unpaired) electrons. The van der Waals surface area contributed by atoms with Crippen molar-refractivity contribution < 1.29 is 9.47 Å². The normalized spacial score (nSPS) is 17.7. The topological polar surface area (TPSA) is 70.3 Å². The van der Waals surface area contributed by atoms with Crippen molar-refractivity contribution >= 4 is 5.82 Å². The van der Waals surface area contributed by atoms with Gasteiger partial charge < -0.3 is 15.2 Å². The average molecular weight is 209 g/mol. The zero-order valence-electron chi connectivity index (χ0n) is 8.77. The second-order valence-corrected chi connectivity index (χ2v) is 3.57. The van der Waals surface area contributed by atoms with E-state index in [-0.39, 0.29) is 0 Å². The van der Waals surface area contributed by atoms with E-state index < -0.39 is 0 Å². The molecule has 0 unspecified atom stereocenters. The van der Waals surface area contributed by atoms with Gasteiger partial charge in [0.05, 0.1) is 13.3 Å². The summed E-state index contributed by atoms with van der Waals surface area (Å²) < 4.78 is 10.3. The molecule has 0 amide bonds. The van der Waals surface area contributed by atoms with Gasteiger partial charge in [0.2, 0.25) is 0 Å². The van der Waals surface area contributed by atoms with Gasteiger partial charge in [-0.05, 0) is 12.8 Å². The fourth-order valence-electron chi connectivity index (χ4n) is 1.71. The molecule has 1 saturated heterocycles. The molecule has 1 aliphatic heterocycles. The summed E-state index contributed by atoms with van der Waals surface area (Å²) in [7, 11) is 1.56. The number of anilines is 1. The van der Waals surface area contributed by atoms with Crippen molar-refractivity contribution in [3.05, 3.63) is 12.0 Å². The number of hydrogen-bond donors (Lipinski definition) is 1. The molecule has 2 N–H and O–H groups in total. The Bertz CT molecular complexity index is 337. The van der Waals surface area contributed by atoms with Crippen LogP contribution >= 0.6 is 0 Å². The number of ether oxygens (including phenoxy) is 2. The highest BCUT2D eigenvalue weighted by molar-refractivity contribution is 5.43. The minimum absolute atomic E-state index is 0.368. The molecule has 0 spiro atoms. The van der Waals surface area contributed by atoms with E-state index in [0.29, 0.717) is 17.5 Å². The summed E-state index contributed by atoms with van der Waals surface area (Å²) in [4.78, 5) is 8.52. The number of aromatic nitrogens is 2. The van der Waals surface area contributed by atoms with E-state index in [0.717, 1.165) is 31.9 Å². The summed E-state index contributed by atoms with van der Waals surface area (Å²) >= 11 is 0. The van der Waals surface area contributed by atoms with Crippen LogP contribution in [0, 0.1) is 0 Å². The van der Waals surface area contributed by atoms with Crippen LogP contribution in [0.3, 0.4) is 0 Å². The second kappa shape index (κ2) is 4.44. The first kappa shape index (κ1) is 10.2. The van der Waals surface area contributed by atoms with E-state index in [4.69, 9.17) is 15.2 Å². The molecule has 0 atom stereocenters. The van der Waals surface area contributed by atoms with Crippen LogP contribution in [0.5, 0.6) is 5.75 Å². The minimum atomic E-state index is 0.368. The monoisotopic (exact) mass is 209 g/mol. The Morgan fingerprint density at radius 1 is 1.47 bits per heavy atom. The number of rotatable bonds is 2. The molecule has 2 rings (SSSR count). The van der Waals surface area contributed by atoms with Gasteiger partial charge in [0.25, 0.3) is 0 Å². The van der Waals surface area contributed by atoms with Crippen molar-refractivity contribution in [2.24, 2.45) is 0 Å². The van der Waals surface area contributed by atoms with Crippen LogP contribution in [-0.2, 0) is 4.74 Å². The van der Waals surface area contributed by atoms with Crippen LogP contribution < -0.4 is 10.5 Å². The first-order valence-corrected chi connectivity index (χ1v) is 5.05. The van der Waals surface area contributed by atoms with Gasteiger partial charge in [-0.15, -0.1) is 0 Å². The molecule has 82 valence electrons. The largest absolute Gasteiger partial charge is 0.491 e. The number of hydrogen-bond acceptors (Lipinski definition) is 5. The zero-order valence-corrected chi connectivity index (χ0v) is 8.77. The lowest BCUT2D eigenvalue weighted by Crippen LogP contribution is -2.17. The third kappa shape index (κ3) is 2.18. The molecular weight excluding hydrogens is 194 g/mol. The van der Waals surface area contributed by atoms with E-state index in [9.17, 15) is 0 Å². The zero-order chi connectivity index (χ0) is 10.7. The number of nitrogens with zero attached hydrogens (tertiary/aromatic N) is 2. The van der Waals surface area contributed by atoms with E-state index in [1.807, 2.05) is 0 Å². The summed E-state index contributed by atoms with van der Waals surface area (Å²) in [6.45, 7) is 1.56. The Kier molecular flexibility index (Phi) is 3.01. The Balaban J connectivity index is 2.17. The lowest BCUT2D eigenvalue weighted by molar-refractivity contribution is 0.0836. The highest BCUT2D eigenvalue weighted by atomic mass is 16.5. The minimum Gasteiger partial charge on any atom is -0.491 e. The van der Waals surface area contributed by atoms with Crippen molar-refractivity contribution in [1.29, 1.82) is 0 Å². The van der Waals surface area contributed by atoms with Crippen LogP contribution in [0.1, 0.15) is 24.6 Å². The van der Waals surface area contributed by atoms with Crippen LogP contribution in [0.15, 0.2) is 6.20 Å². The molecular formula is C10H15N3O2. The molecule has 1 aromatic heterocycles. The Morgan fingerprint density at radius 3 is 2.80 bits per heavy atom. The number of methoxy groups -OCH3 is 1. The summed E-state index contributed by atoms with van der Waals surface area (Å²) in [6.07, 6.45) is 3.56. The molecule has 1 aromatic rings. The number of nitrogen functional groups attached to an aromatic ring is 1. The molecule has 1 fully saturated rings. The highest BCUT2D eigenvalue weighted by Gasteiger charge is 2.19. The maximum absolute atomic E-state index is 5.73. The predicted molar refractivity (Wildman–Crippen MR) is 55.8 cm³/mol. The molecule has 15 heavy (non-hydrogen) atoms. The van der Waals surface area contributed by atoms with Crippen LogP contribution in [-0.4, -0.2) is 30.3 Å². The molecule has 5 heteroatoms. The van der Waals surface area contributed by atoms with Gasteiger partial charge in [-0.25, -0.2) is 9.97 Å². The smallest absolute Gasteiger partial charge is 0.179 e. The van der Waals surface area contributed by atoms with E-state index >= 15 is 0 Å². The van der Waals surface area contributed by atoms with E-state index in [1.54, 1.807) is 13.3 Å². The molecule has 5 nitrogen and oxygen atoms in total. The van der Waals surface area contributed by atoms with Crippen molar-refractivity contribution in [3.63, 3.8) is 0 Å². The lowest BCUT2D eigenvalue weighted by atomic mass is 9.99. The maximum Gasteiger partial charge on any atom is 0.179 e. The fraction of sp³-hybridized carbons (Fsp3) is 0.600. The quantitative estimate of drug-likeness (QED) is 0.785. The molecule has 2 heterocycles. The van der Waals surface area contributed by atoms with E-state index in [1.165, 1.54) is 0 Å². The van der Waals surface area contributed by atoms with Gasteiger partial charge in [-0.2, -0.15) is 0 Å². The fourth-order valence-corrected chi connectivity index (χ4v) is 1.71. The van der Waals surface area contributed by atoms with E-state index in [2.05, 4.69) is 9.97 Å². The number of nitrogens with two attached hydrogens (primary N) is 1. The van der Waals surface area contributed by atoms with Crippen molar-refractivity contribution in [2.45, 2.75) is 18.8 Å². The van der Waals surface area contributed by atoms with Gasteiger partial charge in [0.1, 0.15) is 5.82 Å². The van der Waals surface area contributed by atoms with Gasteiger partial charge >= 0.3 is 0 Å². The maximum atomic E-state index is 5.73. The molecule has 0 aliphatic carbocycles. The Hall–Kier alpha value is -1.36. The standard InChI is InChI=1S/C10H15N3O2/c1-14-8-6-12-10(13-9(8)11)7-2-4-15-5-3-7/h6-7H,2-5H2,1H3,(H2,11,12,13). The molecule has 1 aliphatic rings. The summed E-state index contributed by atoms with van der Waals surface area (Å²) in [5, 5.41) is 0. The average Bonchev–Trinajstić information content (AvgIpc) is 2.30. The molecule has 0 aromatic carbocycles. The van der Waals surface area contributed by atoms with Crippen molar-refractivity contribution in [3.8, 4) is 5.75 Å².